The highest BCUT2D eigenvalue weighted by Crippen LogP contribution is 2.28. The highest BCUT2D eigenvalue weighted by Gasteiger charge is 2.39. The van der Waals surface area contributed by atoms with E-state index in [9.17, 15) is 14.4 Å². The van der Waals surface area contributed by atoms with Gasteiger partial charge in [-0.1, -0.05) is 24.3 Å². The van der Waals surface area contributed by atoms with E-state index < -0.39 is 24.0 Å². The molecule has 2 aliphatic heterocycles. The van der Waals surface area contributed by atoms with Gasteiger partial charge in [-0.15, -0.1) is 15.3 Å². The molecule has 0 aliphatic carbocycles. The molecule has 2 aliphatic rings. The van der Waals surface area contributed by atoms with E-state index in [4.69, 9.17) is 19.4 Å². The number of imide groups is 1. The zero-order valence-corrected chi connectivity index (χ0v) is 25.0. The fourth-order valence-corrected chi connectivity index (χ4v) is 5.27. The smallest absolute Gasteiger partial charge is 0.407 e. The number of hydrogen-bond acceptors (Lipinski definition) is 11. The lowest BCUT2D eigenvalue weighted by Crippen LogP contribution is -2.56. The van der Waals surface area contributed by atoms with Crippen molar-refractivity contribution in [3.05, 3.63) is 101 Å². The van der Waals surface area contributed by atoms with Crippen LogP contribution in [0.5, 0.6) is 11.5 Å². The van der Waals surface area contributed by atoms with E-state index in [1.807, 2.05) is 36.4 Å². The summed E-state index contributed by atoms with van der Waals surface area (Å²) in [5.41, 5.74) is 2.09. The van der Waals surface area contributed by atoms with Crippen LogP contribution in [-0.2, 0) is 11.4 Å². The summed E-state index contributed by atoms with van der Waals surface area (Å²) in [4.78, 5) is 50.5. The number of anilines is 1. The van der Waals surface area contributed by atoms with E-state index in [2.05, 4.69) is 25.7 Å². The van der Waals surface area contributed by atoms with Gasteiger partial charge >= 0.3 is 6.09 Å². The Hall–Kier alpha value is -6.09. The van der Waals surface area contributed by atoms with Crippen molar-refractivity contribution in [3.63, 3.8) is 0 Å². The number of nitrogens with zero attached hydrogens (tertiary/aromatic N) is 7. The Balaban J connectivity index is 1.07. The molecule has 0 saturated carbocycles. The summed E-state index contributed by atoms with van der Waals surface area (Å²) in [5, 5.41) is 26.6. The summed E-state index contributed by atoms with van der Waals surface area (Å²) >= 11 is 0. The van der Waals surface area contributed by atoms with E-state index in [0.717, 1.165) is 16.7 Å². The minimum absolute atomic E-state index is 0.000495. The summed E-state index contributed by atoms with van der Waals surface area (Å²) in [5.74, 6) is 0.764. The van der Waals surface area contributed by atoms with Gasteiger partial charge < -0.3 is 24.8 Å². The third-order valence-corrected chi connectivity index (χ3v) is 7.79. The van der Waals surface area contributed by atoms with Crippen molar-refractivity contribution >= 4 is 34.6 Å². The Labute approximate surface area is 267 Å². The quantitative estimate of drug-likeness (QED) is 0.203. The van der Waals surface area contributed by atoms with Crippen molar-refractivity contribution in [3.8, 4) is 11.5 Å². The minimum Gasteiger partial charge on any atom is -0.497 e. The van der Waals surface area contributed by atoms with Crippen molar-refractivity contribution < 1.29 is 33.8 Å². The van der Waals surface area contributed by atoms with Crippen LogP contribution in [0.15, 0.2) is 78.9 Å². The number of likely N-dealkylation sites (tertiary alicyclic amines) is 1. The second-order valence-corrected chi connectivity index (χ2v) is 11.0. The number of rotatable bonds is 11. The molecule has 1 saturated heterocycles. The van der Waals surface area contributed by atoms with Crippen LogP contribution >= 0.6 is 0 Å². The lowest BCUT2D eigenvalue weighted by atomic mass is 10.1. The number of fused-ring (bicyclic) bond motifs is 2. The molecule has 47 heavy (non-hydrogen) atoms. The Morgan fingerprint density at radius 2 is 1.70 bits per heavy atom. The molecule has 0 spiro atoms. The van der Waals surface area contributed by atoms with Gasteiger partial charge in [0.2, 0.25) is 5.82 Å². The van der Waals surface area contributed by atoms with Crippen molar-refractivity contribution in [2.24, 2.45) is 0 Å². The highest BCUT2D eigenvalue weighted by atomic mass is 16.7. The Morgan fingerprint density at radius 1 is 0.979 bits per heavy atom. The molecule has 3 amide bonds. The lowest BCUT2D eigenvalue weighted by molar-refractivity contribution is -0.146. The van der Waals surface area contributed by atoms with Crippen LogP contribution in [0.25, 0.3) is 10.9 Å². The summed E-state index contributed by atoms with van der Waals surface area (Å²) < 4.78 is 11.3. The standard InChI is InChI=1S/C32H28N8O7/c1-45-22-9-6-19(7-10-22)15-39-36-29(35-37-39)27(47-40-30(41)24-4-2-3-5-25(24)31(40)42)18-46-23-11-12-26-20(14-23)8-13-28(34-26)33-21-16-38(17-21)32(43)44/h2-14,21,27H,15-18H2,1H3,(H,33,34)(H,43,44). The topological polar surface area (TPSA) is 174 Å². The molecule has 7 rings (SSSR count). The largest absolute Gasteiger partial charge is 0.497 e. The molecule has 2 aromatic heterocycles. The van der Waals surface area contributed by atoms with Crippen molar-refractivity contribution in [2.45, 2.75) is 18.7 Å². The Kier molecular flexibility index (Phi) is 7.79. The molecule has 5 aromatic rings. The molecular formula is C32H28N8O7. The Bertz CT molecular complexity index is 1940. The van der Waals surface area contributed by atoms with Gasteiger partial charge in [0.1, 0.15) is 23.9 Å². The van der Waals surface area contributed by atoms with Gasteiger partial charge in [0, 0.05) is 18.5 Å². The third kappa shape index (κ3) is 6.11. The summed E-state index contributed by atoms with van der Waals surface area (Å²) in [6.45, 7) is 0.957. The number of carbonyl (C=O) groups is 3. The molecule has 0 bridgehead atoms. The number of carbonyl (C=O) groups excluding carboxylic acids is 2. The monoisotopic (exact) mass is 636 g/mol. The maximum atomic E-state index is 13.1. The van der Waals surface area contributed by atoms with Gasteiger partial charge in [0.25, 0.3) is 11.8 Å². The number of carboxylic acid groups (broad SMARTS) is 1. The predicted molar refractivity (Wildman–Crippen MR) is 165 cm³/mol. The molecule has 1 unspecified atom stereocenters. The first-order valence-corrected chi connectivity index (χ1v) is 14.7. The van der Waals surface area contributed by atoms with Crippen LogP contribution < -0.4 is 14.8 Å². The zero-order valence-electron chi connectivity index (χ0n) is 25.0. The fraction of sp³-hybridized carbons (Fsp3) is 0.219. The highest BCUT2D eigenvalue weighted by molar-refractivity contribution is 6.20. The zero-order chi connectivity index (χ0) is 32.5. The van der Waals surface area contributed by atoms with Crippen LogP contribution in [0.3, 0.4) is 0 Å². The summed E-state index contributed by atoms with van der Waals surface area (Å²) in [7, 11) is 1.59. The Morgan fingerprint density at radius 3 is 2.40 bits per heavy atom. The number of pyridine rings is 1. The van der Waals surface area contributed by atoms with Crippen LogP contribution in [0, 0.1) is 0 Å². The average molecular weight is 637 g/mol. The molecule has 15 nitrogen and oxygen atoms in total. The molecule has 2 N–H and O–H groups in total. The van der Waals surface area contributed by atoms with Crippen LogP contribution in [0.1, 0.15) is 38.2 Å². The third-order valence-electron chi connectivity index (χ3n) is 7.79. The molecule has 238 valence electrons. The van der Waals surface area contributed by atoms with Gasteiger partial charge in [-0.3, -0.25) is 9.59 Å². The number of ether oxygens (including phenoxy) is 2. The van der Waals surface area contributed by atoms with Crippen molar-refractivity contribution in [2.75, 3.05) is 32.1 Å². The van der Waals surface area contributed by atoms with E-state index in [-0.39, 0.29) is 29.6 Å². The maximum absolute atomic E-state index is 13.1. The first-order chi connectivity index (χ1) is 22.8. The number of amides is 3. The number of hydrogen-bond donors (Lipinski definition) is 2. The minimum atomic E-state index is -1.07. The molecular weight excluding hydrogens is 608 g/mol. The predicted octanol–water partition coefficient (Wildman–Crippen LogP) is 3.40. The van der Waals surface area contributed by atoms with E-state index in [1.54, 1.807) is 49.6 Å². The molecule has 0 radical (unpaired) electrons. The van der Waals surface area contributed by atoms with Crippen molar-refractivity contribution in [1.82, 2.24) is 35.2 Å². The van der Waals surface area contributed by atoms with E-state index in [0.29, 0.717) is 41.8 Å². The van der Waals surface area contributed by atoms with E-state index in [1.165, 1.54) is 9.70 Å². The second-order valence-electron chi connectivity index (χ2n) is 11.0. The molecule has 3 aromatic carbocycles. The van der Waals surface area contributed by atoms with Gasteiger partial charge in [0.05, 0.1) is 36.3 Å². The first kappa shape index (κ1) is 29.6. The normalized spacial score (nSPS) is 15.0. The maximum Gasteiger partial charge on any atom is 0.407 e. The summed E-state index contributed by atoms with van der Waals surface area (Å²) in [6, 6.07) is 22.9. The molecule has 15 heteroatoms. The number of methoxy groups -OCH3 is 1. The van der Waals surface area contributed by atoms with Gasteiger partial charge in [0.15, 0.2) is 6.10 Å². The molecule has 1 atom stereocenters. The van der Waals surface area contributed by atoms with Crippen LogP contribution in [0.2, 0.25) is 0 Å². The number of tetrazole rings is 1. The number of nitrogens with one attached hydrogen (secondary N) is 1. The lowest BCUT2D eigenvalue weighted by Gasteiger charge is -2.37. The fourth-order valence-electron chi connectivity index (χ4n) is 5.27. The summed E-state index contributed by atoms with van der Waals surface area (Å²) in [6.07, 6.45) is -2.01. The van der Waals surface area contributed by atoms with Gasteiger partial charge in [-0.2, -0.15) is 4.80 Å². The van der Waals surface area contributed by atoms with Crippen molar-refractivity contribution in [1.29, 1.82) is 0 Å². The SMILES string of the molecule is COc1ccc(Cn2nnc(C(COc3ccc4nc(NC5CN(C(=O)O)C5)ccc4c3)ON3C(=O)c4ccccc4C3=O)n2)cc1. The van der Waals surface area contributed by atoms with Gasteiger partial charge in [-0.25, -0.2) is 14.6 Å². The molecule has 1 fully saturated rings. The number of hydroxylamine groups is 2. The number of aromatic nitrogens is 5. The van der Waals surface area contributed by atoms with Crippen LogP contribution in [0.4, 0.5) is 10.6 Å². The second kappa shape index (κ2) is 12.4. The number of benzene rings is 3. The average Bonchev–Trinajstić information content (AvgIpc) is 3.62. The molecule has 4 heterocycles. The van der Waals surface area contributed by atoms with Gasteiger partial charge in [-0.05, 0) is 65.4 Å². The van der Waals surface area contributed by atoms with Crippen LogP contribution in [-0.4, -0.2) is 91.0 Å². The first-order valence-electron chi connectivity index (χ1n) is 14.7. The van der Waals surface area contributed by atoms with E-state index >= 15 is 0 Å².